The molecule has 3 nitrogen and oxygen atoms in total. The van der Waals surface area contributed by atoms with E-state index < -0.39 is 0 Å². The quantitative estimate of drug-likeness (QED) is 0.510. The van der Waals surface area contributed by atoms with Gasteiger partial charge in [-0.05, 0) is 24.1 Å². The molecule has 0 saturated carbocycles. The van der Waals surface area contributed by atoms with Crippen LogP contribution in [0.3, 0.4) is 0 Å². The highest BCUT2D eigenvalue weighted by molar-refractivity contribution is 5.92. The fraction of sp³-hybridized carbons (Fsp3) is 0.111. The molecule has 2 aromatic heterocycles. The molecule has 3 N–H and O–H groups in total. The number of aromatic amines is 2. The van der Waals surface area contributed by atoms with Crippen LogP contribution in [0.5, 0.6) is 0 Å². The topological polar surface area (TPSA) is 43.6 Å². The minimum Gasteiger partial charge on any atom is -0.383 e. The van der Waals surface area contributed by atoms with Crippen LogP contribution < -0.4 is 5.32 Å². The molecule has 0 radical (unpaired) electrons. The van der Waals surface area contributed by atoms with Crippen molar-refractivity contribution >= 4 is 27.5 Å². The van der Waals surface area contributed by atoms with Crippen molar-refractivity contribution in [3.8, 4) is 0 Å². The molecule has 0 aliphatic carbocycles. The summed E-state index contributed by atoms with van der Waals surface area (Å²) in [6, 6.07) is 16.8. The van der Waals surface area contributed by atoms with Gasteiger partial charge >= 0.3 is 0 Å². The number of benzene rings is 2. The third kappa shape index (κ3) is 2.17. The number of rotatable bonds is 4. The van der Waals surface area contributed by atoms with Crippen molar-refractivity contribution in [1.29, 1.82) is 0 Å². The number of nitrogens with one attached hydrogen (secondary N) is 3. The number of para-hydroxylation sites is 2. The fourth-order valence-corrected chi connectivity index (χ4v) is 2.89. The van der Waals surface area contributed by atoms with Gasteiger partial charge in [0.25, 0.3) is 0 Å². The Bertz CT molecular complexity index is 811. The lowest BCUT2D eigenvalue weighted by molar-refractivity contribution is 1.03. The number of anilines is 1. The molecule has 0 spiro atoms. The van der Waals surface area contributed by atoms with E-state index in [0.29, 0.717) is 0 Å². The normalized spacial score (nSPS) is 11.2. The zero-order chi connectivity index (χ0) is 14.1. The lowest BCUT2D eigenvalue weighted by Crippen LogP contribution is -2.03. The predicted molar refractivity (Wildman–Crippen MR) is 88.8 cm³/mol. The number of aromatic nitrogens is 2. The first-order valence-corrected chi connectivity index (χ1v) is 7.27. The van der Waals surface area contributed by atoms with Crippen molar-refractivity contribution in [1.82, 2.24) is 9.97 Å². The van der Waals surface area contributed by atoms with E-state index in [1.54, 1.807) is 0 Å². The van der Waals surface area contributed by atoms with Gasteiger partial charge in [-0.1, -0.05) is 36.4 Å². The first-order chi connectivity index (χ1) is 10.4. The molecular formula is C18H17N3. The van der Waals surface area contributed by atoms with Crippen LogP contribution in [0.15, 0.2) is 60.9 Å². The number of H-pyrrole nitrogens is 2. The molecule has 0 unspecified atom stereocenters. The van der Waals surface area contributed by atoms with Crippen LogP contribution in [0, 0.1) is 0 Å². The molecular weight excluding hydrogens is 258 g/mol. The average Bonchev–Trinajstić information content (AvgIpc) is 3.13. The van der Waals surface area contributed by atoms with E-state index in [9.17, 15) is 0 Å². The van der Waals surface area contributed by atoms with E-state index in [0.717, 1.165) is 13.0 Å². The van der Waals surface area contributed by atoms with E-state index in [2.05, 4.69) is 70.0 Å². The van der Waals surface area contributed by atoms with Crippen LogP contribution in [0.25, 0.3) is 21.8 Å². The lowest BCUT2D eigenvalue weighted by Gasteiger charge is -2.04. The second-order valence-electron chi connectivity index (χ2n) is 5.28. The van der Waals surface area contributed by atoms with Crippen LogP contribution in [-0.4, -0.2) is 16.5 Å². The van der Waals surface area contributed by atoms with Crippen LogP contribution >= 0.6 is 0 Å². The molecule has 104 valence electrons. The van der Waals surface area contributed by atoms with Gasteiger partial charge in [0.05, 0.1) is 5.69 Å². The van der Waals surface area contributed by atoms with Gasteiger partial charge in [-0.15, -0.1) is 0 Å². The maximum Gasteiger partial charge on any atom is 0.0598 e. The van der Waals surface area contributed by atoms with Gasteiger partial charge in [0, 0.05) is 40.7 Å². The van der Waals surface area contributed by atoms with Crippen LogP contribution in [0.1, 0.15) is 5.56 Å². The van der Waals surface area contributed by atoms with Crippen molar-refractivity contribution < 1.29 is 0 Å². The van der Waals surface area contributed by atoms with Crippen LogP contribution in [-0.2, 0) is 6.42 Å². The standard InChI is InChI=1S/C18H17N3/c1-3-7-16-14(5-1)13(11-20-16)9-10-19-18-12-21-17-8-4-2-6-15(17)18/h1-8,11-12,19-21H,9-10H2. The Hall–Kier alpha value is -2.68. The van der Waals surface area contributed by atoms with Crippen molar-refractivity contribution in [3.63, 3.8) is 0 Å². The molecule has 0 aliphatic rings. The SMILES string of the molecule is c1ccc2c(CCNc3c[nH]c4ccccc34)c[nH]c2c1. The number of hydrogen-bond acceptors (Lipinski definition) is 1. The zero-order valence-corrected chi connectivity index (χ0v) is 11.7. The van der Waals surface area contributed by atoms with Gasteiger partial charge in [-0.3, -0.25) is 0 Å². The van der Waals surface area contributed by atoms with Crippen molar-refractivity contribution in [3.05, 3.63) is 66.5 Å². The van der Waals surface area contributed by atoms with Gasteiger partial charge < -0.3 is 15.3 Å². The summed E-state index contributed by atoms with van der Waals surface area (Å²) in [5, 5.41) is 6.09. The fourth-order valence-electron chi connectivity index (χ4n) is 2.89. The van der Waals surface area contributed by atoms with Crippen molar-refractivity contribution in [2.24, 2.45) is 0 Å². The van der Waals surface area contributed by atoms with E-state index in [1.807, 2.05) is 6.20 Å². The van der Waals surface area contributed by atoms with Gasteiger partial charge in [-0.25, -0.2) is 0 Å². The molecule has 4 rings (SSSR count). The Balaban J connectivity index is 1.50. The van der Waals surface area contributed by atoms with E-state index in [4.69, 9.17) is 0 Å². The summed E-state index contributed by atoms with van der Waals surface area (Å²) in [6.45, 7) is 0.920. The van der Waals surface area contributed by atoms with Gasteiger partial charge in [0.1, 0.15) is 0 Å². The second kappa shape index (κ2) is 5.02. The van der Waals surface area contributed by atoms with Crippen molar-refractivity contribution in [2.45, 2.75) is 6.42 Å². The lowest BCUT2D eigenvalue weighted by atomic mass is 10.1. The van der Waals surface area contributed by atoms with Crippen molar-refractivity contribution in [2.75, 3.05) is 11.9 Å². The third-order valence-electron chi connectivity index (χ3n) is 3.97. The molecule has 2 heterocycles. The predicted octanol–water partition coefficient (Wildman–Crippen LogP) is 4.30. The van der Waals surface area contributed by atoms with Gasteiger partial charge in [-0.2, -0.15) is 0 Å². The largest absolute Gasteiger partial charge is 0.383 e. The molecule has 0 fully saturated rings. The summed E-state index contributed by atoms with van der Waals surface area (Å²) in [5.41, 5.74) is 4.91. The third-order valence-corrected chi connectivity index (χ3v) is 3.97. The average molecular weight is 275 g/mol. The summed E-state index contributed by atoms with van der Waals surface area (Å²) in [7, 11) is 0. The molecule has 4 aromatic rings. The Morgan fingerprint density at radius 2 is 1.43 bits per heavy atom. The number of fused-ring (bicyclic) bond motifs is 2. The molecule has 0 amide bonds. The van der Waals surface area contributed by atoms with Crippen LogP contribution in [0.2, 0.25) is 0 Å². The summed E-state index contributed by atoms with van der Waals surface area (Å²) >= 11 is 0. The van der Waals surface area contributed by atoms with E-state index in [-0.39, 0.29) is 0 Å². The smallest absolute Gasteiger partial charge is 0.0598 e. The Morgan fingerprint density at radius 1 is 0.762 bits per heavy atom. The molecule has 2 aromatic carbocycles. The summed E-state index contributed by atoms with van der Waals surface area (Å²) < 4.78 is 0. The van der Waals surface area contributed by atoms with Gasteiger partial charge in [0.15, 0.2) is 0 Å². The molecule has 0 atom stereocenters. The minimum atomic E-state index is 0.920. The molecule has 21 heavy (non-hydrogen) atoms. The van der Waals surface area contributed by atoms with Gasteiger partial charge in [0.2, 0.25) is 0 Å². The minimum absolute atomic E-state index is 0.920. The molecule has 0 aliphatic heterocycles. The summed E-state index contributed by atoms with van der Waals surface area (Å²) in [5.74, 6) is 0. The van der Waals surface area contributed by atoms with E-state index >= 15 is 0 Å². The summed E-state index contributed by atoms with van der Waals surface area (Å²) in [4.78, 5) is 6.62. The van der Waals surface area contributed by atoms with E-state index in [1.165, 1.54) is 33.1 Å². The first-order valence-electron chi connectivity index (χ1n) is 7.27. The molecule has 0 saturated heterocycles. The highest BCUT2D eigenvalue weighted by Crippen LogP contribution is 2.23. The summed E-state index contributed by atoms with van der Waals surface area (Å²) in [6.07, 6.45) is 5.16. The highest BCUT2D eigenvalue weighted by Gasteiger charge is 2.04. The maximum absolute atomic E-state index is 3.53. The monoisotopic (exact) mass is 275 g/mol. The Morgan fingerprint density at radius 3 is 2.29 bits per heavy atom. The zero-order valence-electron chi connectivity index (χ0n) is 11.7. The first kappa shape index (κ1) is 12.1. The number of hydrogen-bond donors (Lipinski definition) is 3. The Kier molecular flexibility index (Phi) is 2.89. The highest BCUT2D eigenvalue weighted by atomic mass is 14.9. The maximum atomic E-state index is 3.53. The molecule has 0 bridgehead atoms. The van der Waals surface area contributed by atoms with Crippen LogP contribution in [0.4, 0.5) is 5.69 Å². The Labute approximate surface area is 123 Å². The second-order valence-corrected chi connectivity index (χ2v) is 5.28. The molecule has 3 heteroatoms.